The molecule has 0 aliphatic rings. The Morgan fingerprint density at radius 1 is 1.11 bits per heavy atom. The topological polar surface area (TPSA) is 0 Å². The fraction of sp³-hybridized carbons (Fsp3) is 0. The van der Waals surface area contributed by atoms with Gasteiger partial charge in [0, 0.05) is 17.4 Å². The number of halogens is 2. The minimum Gasteiger partial charge on any atom is -0.0602 e. The van der Waals surface area contributed by atoms with E-state index in [4.69, 9.17) is 0 Å². The fourth-order valence-electron chi connectivity index (χ4n) is 0.581. The van der Waals surface area contributed by atoms with Gasteiger partial charge in [-0.3, -0.25) is 0 Å². The van der Waals surface area contributed by atoms with Crippen molar-refractivity contribution in [2.24, 2.45) is 0 Å². The Bertz CT molecular complexity index is 202. The van der Waals surface area contributed by atoms with Crippen molar-refractivity contribution in [2.75, 3.05) is 0 Å². The lowest BCUT2D eigenvalue weighted by Crippen LogP contribution is -2.10. The van der Waals surface area contributed by atoms with Gasteiger partial charge in [-0.05, 0) is 62.5 Å². The third-order valence-corrected chi connectivity index (χ3v) is 6.65. The van der Waals surface area contributed by atoms with Crippen LogP contribution in [-0.2, 0) is 0 Å². The average Bonchev–Trinajstić information content (AvgIpc) is 1.83. The lowest BCUT2D eigenvalue weighted by molar-refractivity contribution is 1.66. The third kappa shape index (κ3) is 1.91. The molecule has 0 fully saturated rings. The first-order valence-corrected chi connectivity index (χ1v) is 5.78. The first-order valence-electron chi connectivity index (χ1n) is 2.62. The summed E-state index contributed by atoms with van der Waals surface area (Å²) in [6.45, 7) is 0. The molecule has 3 heteroatoms. The molecule has 0 radical (unpaired) electrons. The summed E-state index contributed by atoms with van der Waals surface area (Å²) in [6, 6.07) is 6.42. The predicted octanol–water partition coefficient (Wildman–Crippen LogP) is 0.886. The maximum absolute atomic E-state index is 2.38. The van der Waals surface area contributed by atoms with Crippen molar-refractivity contribution in [3.8, 4) is 0 Å². The monoisotopic (exact) mass is 360 g/mol. The number of rotatable bonds is 0. The average molecular weight is 360 g/mol. The van der Waals surface area contributed by atoms with Crippen molar-refractivity contribution < 1.29 is 0 Å². The molecule has 0 bridgehead atoms. The summed E-state index contributed by atoms with van der Waals surface area (Å²) in [7, 11) is 1.16. The normalized spacial score (nSPS) is 10.0. The van der Waals surface area contributed by atoms with Crippen LogP contribution in [0.25, 0.3) is 0 Å². The molecule has 0 spiro atoms. The second-order valence-corrected chi connectivity index (χ2v) is 5.17. The highest BCUT2D eigenvalue weighted by Crippen LogP contribution is 2.05. The van der Waals surface area contributed by atoms with Crippen LogP contribution in [0.5, 0.6) is 0 Å². The van der Waals surface area contributed by atoms with Crippen molar-refractivity contribution >= 4 is 60.6 Å². The van der Waals surface area contributed by atoms with Crippen molar-refractivity contribution in [1.29, 1.82) is 0 Å². The molecule has 1 rings (SSSR count). The maximum Gasteiger partial charge on any atom is 0.0412 e. The molecule has 0 aromatic heterocycles. The van der Waals surface area contributed by atoms with Crippen molar-refractivity contribution in [1.82, 2.24) is 0 Å². The molecule has 0 amide bonds. The molecule has 0 unspecified atom stereocenters. The van der Waals surface area contributed by atoms with Gasteiger partial charge in [0.25, 0.3) is 0 Å². The van der Waals surface area contributed by atoms with E-state index >= 15 is 0 Å². The zero-order chi connectivity index (χ0) is 6.85. The van der Waals surface area contributed by atoms with Crippen LogP contribution in [0.1, 0.15) is 0 Å². The molecule has 0 saturated carbocycles. The van der Waals surface area contributed by atoms with Crippen LogP contribution < -0.4 is 5.19 Å². The van der Waals surface area contributed by atoms with Gasteiger partial charge >= 0.3 is 0 Å². The molecule has 1 aromatic carbocycles. The zero-order valence-corrected chi connectivity index (χ0v) is 11.3. The highest BCUT2D eigenvalue weighted by molar-refractivity contribution is 14.1. The van der Waals surface area contributed by atoms with E-state index < -0.39 is 0 Å². The van der Waals surface area contributed by atoms with Gasteiger partial charge in [-0.2, -0.15) is 0 Å². The maximum atomic E-state index is 2.38. The summed E-state index contributed by atoms with van der Waals surface area (Å²) in [4.78, 5) is 0. The minimum absolute atomic E-state index is 1.16. The Morgan fingerprint density at radius 3 is 1.89 bits per heavy atom. The lowest BCUT2D eigenvalue weighted by Gasteiger charge is -1.97. The molecular weight excluding hydrogens is 354 g/mol. The van der Waals surface area contributed by atoms with E-state index in [1.54, 1.807) is 0 Å². The molecule has 0 aliphatic heterocycles. The van der Waals surface area contributed by atoms with Gasteiger partial charge in [0.15, 0.2) is 0 Å². The van der Waals surface area contributed by atoms with Gasteiger partial charge in [0.1, 0.15) is 0 Å². The largest absolute Gasteiger partial charge is 0.0602 e. The van der Waals surface area contributed by atoms with Crippen molar-refractivity contribution in [3.05, 3.63) is 25.3 Å². The van der Waals surface area contributed by atoms with E-state index in [1.165, 1.54) is 12.3 Å². The van der Waals surface area contributed by atoms with Gasteiger partial charge in [0.05, 0.1) is 0 Å². The number of hydrogen-bond acceptors (Lipinski definition) is 0. The Balaban J connectivity index is 3.25. The summed E-state index contributed by atoms with van der Waals surface area (Å²) in [5, 5.41) is 1.53. The number of hydrogen-bond donors (Lipinski definition) is 0. The summed E-state index contributed by atoms with van der Waals surface area (Å²) < 4.78 is 2.82. The van der Waals surface area contributed by atoms with Crippen LogP contribution in [0.3, 0.4) is 0 Å². The smallest absolute Gasteiger partial charge is 0.0412 e. The van der Waals surface area contributed by atoms with Crippen LogP contribution in [0.2, 0.25) is 0 Å². The van der Waals surface area contributed by atoms with Crippen molar-refractivity contribution in [3.63, 3.8) is 0 Å². The Morgan fingerprint density at radius 2 is 1.56 bits per heavy atom. The molecule has 1 aromatic rings. The van der Waals surface area contributed by atoms with E-state index in [0.29, 0.717) is 0 Å². The number of benzene rings is 1. The van der Waals surface area contributed by atoms with Gasteiger partial charge in [-0.25, -0.2) is 0 Å². The van der Waals surface area contributed by atoms with Gasteiger partial charge < -0.3 is 0 Å². The third-order valence-electron chi connectivity index (χ3n) is 1.20. The SMILES string of the molecule is [SiH3]c1c(I)cccc1I. The first-order chi connectivity index (χ1) is 4.22. The molecular formula is C6H6I2Si. The van der Waals surface area contributed by atoms with Gasteiger partial charge in [-0.1, -0.05) is 6.07 Å². The molecule has 0 nitrogen and oxygen atoms in total. The Labute approximate surface area is 85.1 Å². The lowest BCUT2D eigenvalue weighted by atomic mass is 10.4. The molecule has 0 atom stereocenters. The first kappa shape index (κ1) is 8.00. The molecule has 0 heterocycles. The quantitative estimate of drug-likeness (QED) is 0.476. The van der Waals surface area contributed by atoms with Crippen LogP contribution in [-0.4, -0.2) is 10.2 Å². The predicted molar refractivity (Wildman–Crippen MR) is 61.4 cm³/mol. The minimum atomic E-state index is 1.16. The molecule has 0 saturated heterocycles. The second-order valence-electron chi connectivity index (χ2n) is 1.85. The fourth-order valence-corrected chi connectivity index (χ4v) is 2.43. The Hall–Kier alpha value is 0.897. The van der Waals surface area contributed by atoms with Gasteiger partial charge in [0.2, 0.25) is 0 Å². The summed E-state index contributed by atoms with van der Waals surface area (Å²) >= 11 is 4.76. The van der Waals surface area contributed by atoms with Crippen LogP contribution in [0.4, 0.5) is 0 Å². The second kappa shape index (κ2) is 3.34. The van der Waals surface area contributed by atoms with Crippen LogP contribution in [0.15, 0.2) is 18.2 Å². The van der Waals surface area contributed by atoms with Crippen molar-refractivity contribution in [2.45, 2.75) is 0 Å². The standard InChI is InChI=1S/C6H6I2Si/c7-4-2-1-3-5(8)6(4)9/h1-3H,9H3. The van der Waals surface area contributed by atoms with Gasteiger partial charge in [-0.15, -0.1) is 0 Å². The summed E-state index contributed by atoms with van der Waals surface area (Å²) in [5.41, 5.74) is 0. The Kier molecular flexibility index (Phi) is 2.96. The van der Waals surface area contributed by atoms with E-state index in [0.717, 1.165) is 10.2 Å². The molecule has 0 N–H and O–H groups in total. The van der Waals surface area contributed by atoms with Crippen LogP contribution in [0, 0.1) is 7.14 Å². The van der Waals surface area contributed by atoms with E-state index in [1.807, 2.05) is 0 Å². The zero-order valence-electron chi connectivity index (χ0n) is 4.99. The highest BCUT2D eigenvalue weighted by atomic mass is 127. The molecule has 48 valence electrons. The molecule has 0 aliphatic carbocycles. The van der Waals surface area contributed by atoms with E-state index in [-0.39, 0.29) is 0 Å². The summed E-state index contributed by atoms with van der Waals surface area (Å²) in [6.07, 6.45) is 0. The van der Waals surface area contributed by atoms with E-state index in [2.05, 4.69) is 63.4 Å². The summed E-state index contributed by atoms with van der Waals surface area (Å²) in [5.74, 6) is 0. The highest BCUT2D eigenvalue weighted by Gasteiger charge is 1.94. The molecule has 9 heavy (non-hydrogen) atoms. The van der Waals surface area contributed by atoms with Crippen LogP contribution >= 0.6 is 45.2 Å². The van der Waals surface area contributed by atoms with E-state index in [9.17, 15) is 0 Å².